The molecule has 0 N–H and O–H groups in total. The summed E-state index contributed by atoms with van der Waals surface area (Å²) in [6, 6.07) is 9.64. The largest absolute Gasteiger partial charge is 0.283 e. The van der Waals surface area contributed by atoms with Gasteiger partial charge >= 0.3 is 0 Å². The Hall–Kier alpha value is -1.94. The molecule has 1 aromatic carbocycles. The summed E-state index contributed by atoms with van der Waals surface area (Å²) in [5.74, 6) is 0.716. The highest BCUT2D eigenvalue weighted by Gasteiger charge is 2.04. The van der Waals surface area contributed by atoms with Gasteiger partial charge in [0.05, 0.1) is 11.0 Å². The van der Waals surface area contributed by atoms with E-state index in [1.807, 2.05) is 28.8 Å². The van der Waals surface area contributed by atoms with Gasteiger partial charge in [0.1, 0.15) is 12.1 Å². The van der Waals surface area contributed by atoms with Crippen LogP contribution in [0, 0.1) is 0 Å². The molecule has 0 saturated carbocycles. The molecule has 0 aliphatic heterocycles. The van der Waals surface area contributed by atoms with Crippen LogP contribution in [0.15, 0.2) is 42.9 Å². The Balaban J connectivity index is 2.26. The SMILES string of the molecule is Clc1nccc(-n2cnc3ccccc32)n1. The Kier molecular flexibility index (Phi) is 2.08. The second-order valence-corrected chi connectivity index (χ2v) is 3.63. The van der Waals surface area contributed by atoms with Crippen LogP contribution in [0.4, 0.5) is 0 Å². The zero-order valence-electron chi connectivity index (χ0n) is 8.21. The van der Waals surface area contributed by atoms with Crippen LogP contribution in [-0.2, 0) is 0 Å². The number of rotatable bonds is 1. The Morgan fingerprint density at radius 1 is 1.06 bits per heavy atom. The Morgan fingerprint density at radius 3 is 2.81 bits per heavy atom. The highest BCUT2D eigenvalue weighted by molar-refractivity contribution is 6.28. The summed E-state index contributed by atoms with van der Waals surface area (Å²) in [5, 5.41) is 0.232. The number of hydrogen-bond acceptors (Lipinski definition) is 3. The van der Waals surface area contributed by atoms with Crippen LogP contribution in [0.25, 0.3) is 16.9 Å². The van der Waals surface area contributed by atoms with Crippen molar-refractivity contribution in [2.45, 2.75) is 0 Å². The summed E-state index contributed by atoms with van der Waals surface area (Å²) in [6.07, 6.45) is 3.35. The fourth-order valence-electron chi connectivity index (χ4n) is 1.60. The van der Waals surface area contributed by atoms with Gasteiger partial charge < -0.3 is 0 Å². The molecule has 0 atom stereocenters. The van der Waals surface area contributed by atoms with E-state index in [1.54, 1.807) is 18.6 Å². The van der Waals surface area contributed by atoms with E-state index in [1.165, 1.54) is 0 Å². The van der Waals surface area contributed by atoms with E-state index in [4.69, 9.17) is 11.6 Å². The fourth-order valence-corrected chi connectivity index (χ4v) is 1.74. The predicted molar refractivity (Wildman–Crippen MR) is 61.7 cm³/mol. The molecule has 2 heterocycles. The first-order valence-corrected chi connectivity index (χ1v) is 5.13. The quantitative estimate of drug-likeness (QED) is 0.603. The molecule has 0 radical (unpaired) electrons. The molecule has 0 bridgehead atoms. The van der Waals surface area contributed by atoms with Gasteiger partial charge in [-0.15, -0.1) is 0 Å². The standard InChI is InChI=1S/C11H7ClN4/c12-11-13-6-5-10(15-11)16-7-14-8-3-1-2-4-9(8)16/h1-7H. The van der Waals surface area contributed by atoms with Crippen molar-refractivity contribution in [3.05, 3.63) is 48.1 Å². The first kappa shape index (κ1) is 9.30. The van der Waals surface area contributed by atoms with Crippen molar-refractivity contribution in [1.82, 2.24) is 19.5 Å². The van der Waals surface area contributed by atoms with E-state index in [-0.39, 0.29) is 5.28 Å². The van der Waals surface area contributed by atoms with Gasteiger partial charge in [-0.25, -0.2) is 9.97 Å². The van der Waals surface area contributed by atoms with Gasteiger partial charge in [-0.2, -0.15) is 4.98 Å². The van der Waals surface area contributed by atoms with Crippen LogP contribution in [-0.4, -0.2) is 19.5 Å². The third-order valence-electron chi connectivity index (χ3n) is 2.31. The maximum absolute atomic E-state index is 5.76. The summed E-state index contributed by atoms with van der Waals surface area (Å²) in [7, 11) is 0. The van der Waals surface area contributed by atoms with Crippen LogP contribution in [0.1, 0.15) is 0 Å². The molecule has 0 amide bonds. The molecule has 3 aromatic rings. The van der Waals surface area contributed by atoms with Crippen LogP contribution in [0.2, 0.25) is 5.28 Å². The molecule has 78 valence electrons. The van der Waals surface area contributed by atoms with Gasteiger partial charge in [-0.1, -0.05) is 12.1 Å². The number of imidazole rings is 1. The molecule has 4 nitrogen and oxygen atoms in total. The summed E-state index contributed by atoms with van der Waals surface area (Å²) < 4.78 is 1.88. The zero-order valence-corrected chi connectivity index (χ0v) is 8.96. The lowest BCUT2D eigenvalue weighted by atomic mass is 10.3. The van der Waals surface area contributed by atoms with E-state index < -0.39 is 0 Å². The van der Waals surface area contributed by atoms with Crippen molar-refractivity contribution in [3.8, 4) is 5.82 Å². The van der Waals surface area contributed by atoms with E-state index in [9.17, 15) is 0 Å². The van der Waals surface area contributed by atoms with Crippen molar-refractivity contribution < 1.29 is 0 Å². The number of para-hydroxylation sites is 2. The minimum Gasteiger partial charge on any atom is -0.283 e. The number of fused-ring (bicyclic) bond motifs is 1. The van der Waals surface area contributed by atoms with Gasteiger partial charge in [-0.05, 0) is 29.8 Å². The van der Waals surface area contributed by atoms with Crippen LogP contribution in [0.3, 0.4) is 0 Å². The second-order valence-electron chi connectivity index (χ2n) is 3.29. The Bertz CT molecular complexity index is 647. The maximum atomic E-state index is 5.76. The van der Waals surface area contributed by atoms with Gasteiger partial charge in [0, 0.05) is 6.20 Å². The molecule has 5 heteroatoms. The van der Waals surface area contributed by atoms with E-state index in [0.717, 1.165) is 11.0 Å². The molecule has 0 fully saturated rings. The smallest absolute Gasteiger partial charge is 0.224 e. The molecule has 2 aromatic heterocycles. The normalized spacial score (nSPS) is 10.8. The molecule has 0 saturated heterocycles. The van der Waals surface area contributed by atoms with Crippen molar-refractivity contribution >= 4 is 22.6 Å². The molecule has 0 aliphatic carbocycles. The van der Waals surface area contributed by atoms with E-state index >= 15 is 0 Å². The Morgan fingerprint density at radius 2 is 1.94 bits per heavy atom. The van der Waals surface area contributed by atoms with Crippen LogP contribution >= 0.6 is 11.6 Å². The van der Waals surface area contributed by atoms with Gasteiger partial charge in [-0.3, -0.25) is 4.57 Å². The molecule has 0 unspecified atom stereocenters. The third kappa shape index (κ3) is 1.44. The van der Waals surface area contributed by atoms with Crippen molar-refractivity contribution in [2.75, 3.05) is 0 Å². The first-order valence-electron chi connectivity index (χ1n) is 4.75. The van der Waals surface area contributed by atoms with Crippen molar-refractivity contribution in [3.63, 3.8) is 0 Å². The minimum atomic E-state index is 0.232. The molecular formula is C11H7ClN4. The van der Waals surface area contributed by atoms with E-state index in [0.29, 0.717) is 5.82 Å². The number of halogens is 1. The summed E-state index contributed by atoms with van der Waals surface area (Å²) in [4.78, 5) is 12.3. The van der Waals surface area contributed by atoms with Crippen molar-refractivity contribution in [2.24, 2.45) is 0 Å². The number of hydrogen-bond donors (Lipinski definition) is 0. The summed E-state index contributed by atoms with van der Waals surface area (Å²) >= 11 is 5.76. The summed E-state index contributed by atoms with van der Waals surface area (Å²) in [6.45, 7) is 0. The fraction of sp³-hybridized carbons (Fsp3) is 0. The minimum absolute atomic E-state index is 0.232. The predicted octanol–water partition coefficient (Wildman–Crippen LogP) is 2.47. The molecular weight excluding hydrogens is 224 g/mol. The first-order chi connectivity index (χ1) is 7.84. The average molecular weight is 231 g/mol. The van der Waals surface area contributed by atoms with Gasteiger partial charge in [0.15, 0.2) is 0 Å². The second kappa shape index (κ2) is 3.57. The maximum Gasteiger partial charge on any atom is 0.224 e. The number of nitrogens with zero attached hydrogens (tertiary/aromatic N) is 4. The number of aromatic nitrogens is 4. The van der Waals surface area contributed by atoms with E-state index in [2.05, 4.69) is 15.0 Å². The molecule has 0 aliphatic rings. The molecule has 0 spiro atoms. The number of benzene rings is 1. The lowest BCUT2D eigenvalue weighted by Gasteiger charge is -2.02. The Labute approximate surface area is 96.6 Å². The highest BCUT2D eigenvalue weighted by atomic mass is 35.5. The third-order valence-corrected chi connectivity index (χ3v) is 2.49. The monoisotopic (exact) mass is 230 g/mol. The van der Waals surface area contributed by atoms with Crippen LogP contribution in [0.5, 0.6) is 0 Å². The summed E-state index contributed by atoms with van der Waals surface area (Å²) in [5.41, 5.74) is 1.93. The lowest BCUT2D eigenvalue weighted by molar-refractivity contribution is 0.995. The van der Waals surface area contributed by atoms with Crippen molar-refractivity contribution in [1.29, 1.82) is 0 Å². The highest BCUT2D eigenvalue weighted by Crippen LogP contribution is 2.16. The van der Waals surface area contributed by atoms with Crippen LogP contribution < -0.4 is 0 Å². The molecule has 3 rings (SSSR count). The topological polar surface area (TPSA) is 43.6 Å². The van der Waals surface area contributed by atoms with Gasteiger partial charge in [0.2, 0.25) is 5.28 Å². The average Bonchev–Trinajstić information content (AvgIpc) is 2.72. The zero-order chi connectivity index (χ0) is 11.0. The lowest BCUT2D eigenvalue weighted by Crippen LogP contribution is -1.96. The van der Waals surface area contributed by atoms with Gasteiger partial charge in [0.25, 0.3) is 0 Å². The molecule has 16 heavy (non-hydrogen) atoms.